The van der Waals surface area contributed by atoms with Crippen LogP contribution < -0.4 is 0 Å². The highest BCUT2D eigenvalue weighted by Gasteiger charge is 2.28. The molecule has 16 heavy (non-hydrogen) atoms. The molecule has 0 spiro atoms. The van der Waals surface area contributed by atoms with Crippen LogP contribution in [0.25, 0.3) is 0 Å². The molecule has 0 aromatic carbocycles. The Bertz CT molecular complexity index is 373. The number of carboxylic acids is 1. The van der Waals surface area contributed by atoms with Crippen molar-refractivity contribution in [2.45, 2.75) is 51.0 Å². The van der Waals surface area contributed by atoms with Crippen molar-refractivity contribution in [2.24, 2.45) is 0 Å². The average molecular weight is 224 g/mol. The molecule has 1 fully saturated rings. The minimum atomic E-state index is -0.804. The molecule has 0 saturated heterocycles. The van der Waals surface area contributed by atoms with Gasteiger partial charge < -0.3 is 5.11 Å². The molecule has 1 atom stereocenters. The van der Waals surface area contributed by atoms with Crippen molar-refractivity contribution in [2.75, 3.05) is 0 Å². The van der Waals surface area contributed by atoms with Gasteiger partial charge in [0.05, 0.1) is 12.5 Å². The molecular weight excluding hydrogens is 208 g/mol. The number of aromatic nitrogens is 4. The van der Waals surface area contributed by atoms with Crippen LogP contribution >= 0.6 is 0 Å². The summed E-state index contributed by atoms with van der Waals surface area (Å²) in [5.74, 6) is 0.485. The SMILES string of the molecule is CCC(CC(=O)O)n1nnnc1C1CCC1. The lowest BCUT2D eigenvalue weighted by molar-refractivity contribution is -0.138. The van der Waals surface area contributed by atoms with Crippen LogP contribution in [-0.4, -0.2) is 31.3 Å². The lowest BCUT2D eigenvalue weighted by Crippen LogP contribution is -2.21. The summed E-state index contributed by atoms with van der Waals surface area (Å²) in [6.07, 6.45) is 4.26. The van der Waals surface area contributed by atoms with E-state index in [0.717, 1.165) is 25.1 Å². The van der Waals surface area contributed by atoms with Crippen LogP contribution in [0.3, 0.4) is 0 Å². The number of tetrazole rings is 1. The van der Waals surface area contributed by atoms with Crippen molar-refractivity contribution >= 4 is 5.97 Å². The molecule has 1 heterocycles. The van der Waals surface area contributed by atoms with Gasteiger partial charge in [0.25, 0.3) is 0 Å². The number of hydrogen-bond donors (Lipinski definition) is 1. The van der Waals surface area contributed by atoms with E-state index in [1.807, 2.05) is 6.92 Å². The molecule has 0 radical (unpaired) electrons. The van der Waals surface area contributed by atoms with Gasteiger partial charge in [-0.3, -0.25) is 4.79 Å². The minimum absolute atomic E-state index is 0.0846. The molecule has 1 saturated carbocycles. The highest BCUT2D eigenvalue weighted by molar-refractivity contribution is 5.67. The number of aliphatic carboxylic acids is 1. The Balaban J connectivity index is 2.16. The Hall–Kier alpha value is -1.46. The standard InChI is InChI=1S/C10H16N4O2/c1-2-8(6-9(15)16)14-10(11-12-13-14)7-4-3-5-7/h7-8H,2-6H2,1H3,(H,15,16). The van der Waals surface area contributed by atoms with Gasteiger partial charge in [0.15, 0.2) is 5.82 Å². The molecule has 1 unspecified atom stereocenters. The van der Waals surface area contributed by atoms with Crippen LogP contribution in [0.15, 0.2) is 0 Å². The van der Waals surface area contributed by atoms with Crippen LogP contribution in [0.5, 0.6) is 0 Å². The second-order valence-electron chi connectivity index (χ2n) is 4.27. The van der Waals surface area contributed by atoms with Gasteiger partial charge in [0.2, 0.25) is 0 Å². The van der Waals surface area contributed by atoms with Crippen LogP contribution in [0, 0.1) is 0 Å². The van der Waals surface area contributed by atoms with E-state index in [4.69, 9.17) is 5.11 Å². The molecular formula is C10H16N4O2. The van der Waals surface area contributed by atoms with Crippen LogP contribution in [-0.2, 0) is 4.79 Å². The molecule has 6 heteroatoms. The third-order valence-corrected chi connectivity index (χ3v) is 3.22. The maximum absolute atomic E-state index is 10.7. The lowest BCUT2D eigenvalue weighted by Gasteiger charge is -2.25. The van der Waals surface area contributed by atoms with Gasteiger partial charge in [-0.2, -0.15) is 0 Å². The molecule has 2 rings (SSSR count). The zero-order valence-electron chi connectivity index (χ0n) is 9.33. The minimum Gasteiger partial charge on any atom is -0.481 e. The number of carboxylic acid groups (broad SMARTS) is 1. The molecule has 0 aliphatic heterocycles. The Morgan fingerprint density at radius 1 is 1.62 bits per heavy atom. The highest BCUT2D eigenvalue weighted by atomic mass is 16.4. The van der Waals surface area contributed by atoms with E-state index in [2.05, 4.69) is 15.5 Å². The maximum Gasteiger partial charge on any atom is 0.305 e. The summed E-state index contributed by atoms with van der Waals surface area (Å²) in [4.78, 5) is 10.7. The van der Waals surface area contributed by atoms with Gasteiger partial charge in [0, 0.05) is 5.92 Å². The van der Waals surface area contributed by atoms with E-state index in [-0.39, 0.29) is 12.5 Å². The third-order valence-electron chi connectivity index (χ3n) is 3.22. The zero-order valence-corrected chi connectivity index (χ0v) is 9.33. The summed E-state index contributed by atoms with van der Waals surface area (Å²) in [5, 5.41) is 20.5. The van der Waals surface area contributed by atoms with Gasteiger partial charge in [-0.15, -0.1) is 5.10 Å². The Morgan fingerprint density at radius 3 is 2.88 bits per heavy atom. The fourth-order valence-corrected chi connectivity index (χ4v) is 2.00. The molecule has 1 aromatic rings. The predicted octanol–water partition coefficient (Wildman–Crippen LogP) is 1.37. The van der Waals surface area contributed by atoms with Crippen LogP contribution in [0.2, 0.25) is 0 Å². The number of nitrogens with zero attached hydrogens (tertiary/aromatic N) is 4. The first-order valence-electron chi connectivity index (χ1n) is 5.72. The summed E-state index contributed by atoms with van der Waals surface area (Å²) in [6, 6.07) is -0.122. The van der Waals surface area contributed by atoms with Crippen LogP contribution in [0.1, 0.15) is 56.8 Å². The first-order chi connectivity index (χ1) is 7.72. The Morgan fingerprint density at radius 2 is 2.38 bits per heavy atom. The van der Waals surface area contributed by atoms with E-state index < -0.39 is 5.97 Å². The second-order valence-corrected chi connectivity index (χ2v) is 4.27. The molecule has 0 amide bonds. The van der Waals surface area contributed by atoms with E-state index in [9.17, 15) is 4.79 Å². The molecule has 0 bridgehead atoms. The number of carbonyl (C=O) groups is 1. The predicted molar refractivity (Wildman–Crippen MR) is 56.0 cm³/mol. The average Bonchev–Trinajstić information content (AvgIpc) is 2.60. The van der Waals surface area contributed by atoms with E-state index >= 15 is 0 Å². The third kappa shape index (κ3) is 2.05. The summed E-state index contributed by atoms with van der Waals surface area (Å²) in [5.41, 5.74) is 0. The van der Waals surface area contributed by atoms with Crippen molar-refractivity contribution in [1.29, 1.82) is 0 Å². The quantitative estimate of drug-likeness (QED) is 0.816. The lowest BCUT2D eigenvalue weighted by atomic mass is 9.84. The molecule has 1 aromatic heterocycles. The molecule has 1 aliphatic rings. The van der Waals surface area contributed by atoms with Crippen LogP contribution in [0.4, 0.5) is 0 Å². The largest absolute Gasteiger partial charge is 0.481 e. The Labute approximate surface area is 93.6 Å². The van der Waals surface area contributed by atoms with E-state index in [0.29, 0.717) is 5.92 Å². The summed E-state index contributed by atoms with van der Waals surface area (Å²) >= 11 is 0. The van der Waals surface area contributed by atoms with Gasteiger partial charge in [-0.1, -0.05) is 13.3 Å². The fourth-order valence-electron chi connectivity index (χ4n) is 2.00. The monoisotopic (exact) mass is 224 g/mol. The first kappa shape index (κ1) is 11.0. The van der Waals surface area contributed by atoms with Crippen molar-refractivity contribution in [3.8, 4) is 0 Å². The topological polar surface area (TPSA) is 80.9 Å². The van der Waals surface area contributed by atoms with E-state index in [1.165, 1.54) is 6.42 Å². The molecule has 1 aliphatic carbocycles. The van der Waals surface area contributed by atoms with Gasteiger partial charge in [-0.25, -0.2) is 4.68 Å². The van der Waals surface area contributed by atoms with Crippen molar-refractivity contribution in [3.05, 3.63) is 5.82 Å². The molecule has 6 nitrogen and oxygen atoms in total. The van der Waals surface area contributed by atoms with Crippen molar-refractivity contribution in [3.63, 3.8) is 0 Å². The second kappa shape index (κ2) is 4.59. The normalized spacial score (nSPS) is 18.1. The first-order valence-corrected chi connectivity index (χ1v) is 5.72. The number of hydrogen-bond acceptors (Lipinski definition) is 4. The van der Waals surface area contributed by atoms with Gasteiger partial charge >= 0.3 is 5.97 Å². The molecule has 1 N–H and O–H groups in total. The Kier molecular flexibility index (Phi) is 3.17. The van der Waals surface area contributed by atoms with Gasteiger partial charge in [-0.05, 0) is 29.7 Å². The summed E-state index contributed by atoms with van der Waals surface area (Å²) in [7, 11) is 0. The fraction of sp³-hybridized carbons (Fsp3) is 0.800. The molecule has 88 valence electrons. The van der Waals surface area contributed by atoms with Gasteiger partial charge in [0.1, 0.15) is 0 Å². The van der Waals surface area contributed by atoms with Crippen molar-refractivity contribution in [1.82, 2.24) is 20.2 Å². The summed E-state index contributed by atoms with van der Waals surface area (Å²) in [6.45, 7) is 1.96. The smallest absolute Gasteiger partial charge is 0.305 e. The highest BCUT2D eigenvalue weighted by Crippen LogP contribution is 2.36. The zero-order chi connectivity index (χ0) is 11.5. The maximum atomic E-state index is 10.7. The summed E-state index contributed by atoms with van der Waals surface area (Å²) < 4.78 is 1.71. The van der Waals surface area contributed by atoms with Crippen molar-refractivity contribution < 1.29 is 9.90 Å². The number of rotatable bonds is 5. The van der Waals surface area contributed by atoms with E-state index in [1.54, 1.807) is 4.68 Å².